The van der Waals surface area contributed by atoms with Crippen molar-refractivity contribution in [2.24, 2.45) is 5.92 Å². The van der Waals surface area contributed by atoms with Crippen LogP contribution >= 0.6 is 0 Å². The van der Waals surface area contributed by atoms with Gasteiger partial charge in [0, 0.05) is 12.6 Å². The summed E-state index contributed by atoms with van der Waals surface area (Å²) in [6.45, 7) is 2.90. The SMILES string of the molecule is CC1CCCC1NCc1cccc(C(=O)O)n1. The first-order valence-corrected chi connectivity index (χ1v) is 6.09. The first-order valence-electron chi connectivity index (χ1n) is 6.09. The monoisotopic (exact) mass is 234 g/mol. The Morgan fingerprint density at radius 2 is 2.35 bits per heavy atom. The third kappa shape index (κ3) is 3.03. The lowest BCUT2D eigenvalue weighted by Gasteiger charge is -2.16. The van der Waals surface area contributed by atoms with Crippen molar-refractivity contribution < 1.29 is 9.90 Å². The zero-order valence-electron chi connectivity index (χ0n) is 10.0. The third-order valence-corrected chi connectivity index (χ3v) is 3.43. The Bertz CT molecular complexity index is 406. The summed E-state index contributed by atoms with van der Waals surface area (Å²) >= 11 is 0. The topological polar surface area (TPSA) is 62.2 Å². The maximum atomic E-state index is 10.8. The van der Waals surface area contributed by atoms with Crippen LogP contribution in [0.3, 0.4) is 0 Å². The zero-order chi connectivity index (χ0) is 12.3. The van der Waals surface area contributed by atoms with Crippen LogP contribution in [0, 0.1) is 5.92 Å². The van der Waals surface area contributed by atoms with E-state index in [1.807, 2.05) is 6.07 Å². The van der Waals surface area contributed by atoms with Gasteiger partial charge in [0.05, 0.1) is 5.69 Å². The van der Waals surface area contributed by atoms with Crippen LogP contribution in [0.25, 0.3) is 0 Å². The Labute approximate surface area is 101 Å². The first kappa shape index (κ1) is 12.0. The number of hydrogen-bond acceptors (Lipinski definition) is 3. The van der Waals surface area contributed by atoms with Crippen LogP contribution in [0.4, 0.5) is 0 Å². The number of aromatic carboxylic acids is 1. The molecule has 1 fully saturated rings. The van der Waals surface area contributed by atoms with Gasteiger partial charge < -0.3 is 10.4 Å². The van der Waals surface area contributed by atoms with E-state index < -0.39 is 5.97 Å². The second-order valence-electron chi connectivity index (χ2n) is 4.71. The summed E-state index contributed by atoms with van der Waals surface area (Å²) in [7, 11) is 0. The molecule has 2 rings (SSSR count). The van der Waals surface area contributed by atoms with Crippen molar-refractivity contribution in [2.75, 3.05) is 0 Å². The molecule has 2 N–H and O–H groups in total. The number of rotatable bonds is 4. The molecule has 1 aliphatic carbocycles. The molecule has 0 aliphatic heterocycles. The van der Waals surface area contributed by atoms with E-state index in [4.69, 9.17) is 5.11 Å². The molecule has 1 aromatic heterocycles. The van der Waals surface area contributed by atoms with E-state index in [9.17, 15) is 4.79 Å². The number of carboxylic acid groups (broad SMARTS) is 1. The highest BCUT2D eigenvalue weighted by Crippen LogP contribution is 2.24. The number of nitrogens with one attached hydrogen (secondary N) is 1. The van der Waals surface area contributed by atoms with E-state index in [2.05, 4.69) is 17.2 Å². The third-order valence-electron chi connectivity index (χ3n) is 3.43. The Hall–Kier alpha value is -1.42. The molecule has 0 saturated heterocycles. The summed E-state index contributed by atoms with van der Waals surface area (Å²) in [4.78, 5) is 14.9. The predicted octanol–water partition coefficient (Wildman–Crippen LogP) is 2.06. The van der Waals surface area contributed by atoms with Crippen LogP contribution in [-0.2, 0) is 6.54 Å². The summed E-state index contributed by atoms with van der Waals surface area (Å²) in [6, 6.07) is 5.67. The fourth-order valence-electron chi connectivity index (χ4n) is 2.38. The van der Waals surface area contributed by atoms with Gasteiger partial charge in [-0.2, -0.15) is 0 Å². The van der Waals surface area contributed by atoms with E-state index >= 15 is 0 Å². The molecule has 1 aromatic rings. The van der Waals surface area contributed by atoms with Crippen molar-refractivity contribution in [3.63, 3.8) is 0 Å². The molecule has 1 saturated carbocycles. The molecule has 4 heteroatoms. The molecule has 0 radical (unpaired) electrons. The normalized spacial score (nSPS) is 23.8. The predicted molar refractivity (Wildman–Crippen MR) is 64.8 cm³/mol. The summed E-state index contributed by atoms with van der Waals surface area (Å²) in [5.74, 6) is -0.265. The standard InChI is InChI=1S/C13H18N2O2/c1-9-4-2-6-11(9)14-8-10-5-3-7-12(15-10)13(16)17/h3,5,7,9,11,14H,2,4,6,8H2,1H3,(H,16,17). The van der Waals surface area contributed by atoms with Crippen molar-refractivity contribution in [3.8, 4) is 0 Å². The summed E-state index contributed by atoms with van der Waals surface area (Å²) in [5.41, 5.74) is 0.910. The minimum atomic E-state index is -0.971. The quantitative estimate of drug-likeness (QED) is 0.837. The van der Waals surface area contributed by atoms with Crippen LogP contribution < -0.4 is 5.32 Å². The van der Waals surface area contributed by atoms with Gasteiger partial charge in [-0.1, -0.05) is 19.4 Å². The highest BCUT2D eigenvalue weighted by Gasteiger charge is 2.22. The van der Waals surface area contributed by atoms with E-state index in [0.29, 0.717) is 18.5 Å². The molecule has 4 nitrogen and oxygen atoms in total. The van der Waals surface area contributed by atoms with E-state index in [-0.39, 0.29) is 5.69 Å². The minimum Gasteiger partial charge on any atom is -0.477 e. The average Bonchev–Trinajstić information content (AvgIpc) is 2.72. The van der Waals surface area contributed by atoms with Crippen molar-refractivity contribution in [1.82, 2.24) is 10.3 Å². The maximum absolute atomic E-state index is 10.8. The maximum Gasteiger partial charge on any atom is 0.354 e. The zero-order valence-corrected chi connectivity index (χ0v) is 10.0. The van der Waals surface area contributed by atoms with Gasteiger partial charge in [-0.25, -0.2) is 9.78 Å². The second-order valence-corrected chi connectivity index (χ2v) is 4.71. The molecule has 1 heterocycles. The van der Waals surface area contributed by atoms with Crippen molar-refractivity contribution >= 4 is 5.97 Å². The van der Waals surface area contributed by atoms with E-state index in [1.165, 1.54) is 25.3 Å². The lowest BCUT2D eigenvalue weighted by molar-refractivity contribution is 0.0690. The van der Waals surface area contributed by atoms with Gasteiger partial charge in [0.1, 0.15) is 5.69 Å². The van der Waals surface area contributed by atoms with Crippen LogP contribution in [0.2, 0.25) is 0 Å². The fraction of sp³-hybridized carbons (Fsp3) is 0.538. The van der Waals surface area contributed by atoms with Gasteiger partial charge in [0.25, 0.3) is 0 Å². The number of nitrogens with zero attached hydrogens (tertiary/aromatic N) is 1. The average molecular weight is 234 g/mol. The first-order chi connectivity index (χ1) is 8.16. The lowest BCUT2D eigenvalue weighted by atomic mass is 10.1. The smallest absolute Gasteiger partial charge is 0.354 e. The summed E-state index contributed by atoms with van der Waals surface area (Å²) in [6.07, 6.45) is 3.77. The molecule has 2 unspecified atom stereocenters. The van der Waals surface area contributed by atoms with Gasteiger partial charge in [-0.15, -0.1) is 0 Å². The molecule has 0 aromatic carbocycles. The highest BCUT2D eigenvalue weighted by molar-refractivity contribution is 5.85. The largest absolute Gasteiger partial charge is 0.477 e. The van der Waals surface area contributed by atoms with E-state index in [0.717, 1.165) is 5.69 Å². The van der Waals surface area contributed by atoms with Crippen LogP contribution in [0.5, 0.6) is 0 Å². The molecule has 2 atom stereocenters. The summed E-state index contributed by atoms with van der Waals surface area (Å²) in [5, 5.41) is 12.3. The molecule has 0 bridgehead atoms. The van der Waals surface area contributed by atoms with Crippen molar-refractivity contribution in [2.45, 2.75) is 38.8 Å². The van der Waals surface area contributed by atoms with Gasteiger partial charge >= 0.3 is 5.97 Å². The van der Waals surface area contributed by atoms with Crippen LogP contribution in [0.1, 0.15) is 42.4 Å². The molecular weight excluding hydrogens is 216 g/mol. The molecule has 0 amide bonds. The van der Waals surface area contributed by atoms with Gasteiger partial charge in [-0.05, 0) is 30.9 Å². The molecule has 92 valence electrons. The molecule has 1 aliphatic rings. The van der Waals surface area contributed by atoms with Gasteiger partial charge in [0.15, 0.2) is 0 Å². The Morgan fingerprint density at radius 1 is 1.53 bits per heavy atom. The van der Waals surface area contributed by atoms with Crippen LogP contribution in [0.15, 0.2) is 18.2 Å². The molecule has 0 spiro atoms. The number of pyridine rings is 1. The van der Waals surface area contributed by atoms with Gasteiger partial charge in [-0.3, -0.25) is 0 Å². The van der Waals surface area contributed by atoms with E-state index in [1.54, 1.807) is 6.07 Å². The molecular formula is C13H18N2O2. The lowest BCUT2D eigenvalue weighted by Crippen LogP contribution is -2.30. The Morgan fingerprint density at radius 3 is 3.00 bits per heavy atom. The Balaban J connectivity index is 1.94. The number of carbonyl (C=O) groups is 1. The van der Waals surface area contributed by atoms with Gasteiger partial charge in [0.2, 0.25) is 0 Å². The number of carboxylic acids is 1. The van der Waals surface area contributed by atoms with Crippen molar-refractivity contribution in [3.05, 3.63) is 29.6 Å². The molecule has 17 heavy (non-hydrogen) atoms. The fourth-order valence-corrected chi connectivity index (χ4v) is 2.38. The minimum absolute atomic E-state index is 0.115. The number of aromatic nitrogens is 1. The van der Waals surface area contributed by atoms with Crippen LogP contribution in [-0.4, -0.2) is 22.1 Å². The Kier molecular flexibility index (Phi) is 3.74. The second kappa shape index (κ2) is 5.27. The number of hydrogen-bond donors (Lipinski definition) is 2. The summed E-state index contributed by atoms with van der Waals surface area (Å²) < 4.78 is 0. The highest BCUT2D eigenvalue weighted by atomic mass is 16.4. The van der Waals surface area contributed by atoms with Crippen molar-refractivity contribution in [1.29, 1.82) is 0 Å².